The van der Waals surface area contributed by atoms with Gasteiger partial charge in [0.05, 0.1) is 10.4 Å². The molecular weight excluding hydrogens is 424 g/mol. The SMILES string of the molecule is Clc1cccc2c1oc1cc3c(cc12)-c1ccccc1C31c2ccccc2-c2ccccc21. The molecule has 0 fully saturated rings. The van der Waals surface area contributed by atoms with Crippen molar-refractivity contribution in [1.82, 2.24) is 0 Å². The van der Waals surface area contributed by atoms with E-state index in [9.17, 15) is 0 Å². The molecule has 0 unspecified atom stereocenters. The molecule has 5 aromatic carbocycles. The Morgan fingerprint density at radius 2 is 1.09 bits per heavy atom. The molecular formula is C31H17ClO. The smallest absolute Gasteiger partial charge is 0.153 e. The molecule has 0 N–H and O–H groups in total. The Morgan fingerprint density at radius 1 is 0.515 bits per heavy atom. The highest BCUT2D eigenvalue weighted by atomic mass is 35.5. The maximum atomic E-state index is 6.50. The molecule has 0 amide bonds. The zero-order valence-corrected chi connectivity index (χ0v) is 18.4. The monoisotopic (exact) mass is 440 g/mol. The summed E-state index contributed by atoms with van der Waals surface area (Å²) in [6.07, 6.45) is 0. The van der Waals surface area contributed by atoms with Crippen LogP contribution < -0.4 is 0 Å². The minimum atomic E-state index is -0.351. The molecule has 8 rings (SSSR count). The summed E-state index contributed by atoms with van der Waals surface area (Å²) in [6, 6.07) is 37.1. The van der Waals surface area contributed by atoms with Gasteiger partial charge in [-0.15, -0.1) is 0 Å². The van der Waals surface area contributed by atoms with E-state index >= 15 is 0 Å². The summed E-state index contributed by atoms with van der Waals surface area (Å²) >= 11 is 6.50. The summed E-state index contributed by atoms with van der Waals surface area (Å²) < 4.78 is 6.35. The molecule has 0 bridgehead atoms. The first-order valence-electron chi connectivity index (χ1n) is 11.2. The van der Waals surface area contributed by atoms with E-state index in [0.29, 0.717) is 5.02 Å². The Balaban J connectivity index is 1.60. The van der Waals surface area contributed by atoms with Crippen molar-refractivity contribution in [2.45, 2.75) is 5.41 Å². The molecule has 0 saturated carbocycles. The van der Waals surface area contributed by atoms with Crippen molar-refractivity contribution in [2.75, 3.05) is 0 Å². The third-order valence-corrected chi connectivity index (χ3v) is 7.86. The fourth-order valence-electron chi connectivity index (χ4n) is 6.35. The van der Waals surface area contributed by atoms with Crippen molar-refractivity contribution in [3.05, 3.63) is 130 Å². The van der Waals surface area contributed by atoms with Crippen LogP contribution in [-0.2, 0) is 5.41 Å². The van der Waals surface area contributed by atoms with Crippen LogP contribution in [0.2, 0.25) is 5.02 Å². The summed E-state index contributed by atoms with van der Waals surface area (Å²) in [6.45, 7) is 0. The van der Waals surface area contributed by atoms with Crippen molar-refractivity contribution >= 4 is 33.5 Å². The van der Waals surface area contributed by atoms with Crippen LogP contribution in [0.5, 0.6) is 0 Å². The summed E-state index contributed by atoms with van der Waals surface area (Å²) in [7, 11) is 0. The second kappa shape index (κ2) is 5.95. The number of benzene rings is 5. The van der Waals surface area contributed by atoms with E-state index < -0.39 is 0 Å². The first-order chi connectivity index (χ1) is 16.3. The molecule has 0 aliphatic heterocycles. The number of fused-ring (bicyclic) bond motifs is 13. The molecule has 33 heavy (non-hydrogen) atoms. The van der Waals surface area contributed by atoms with Gasteiger partial charge < -0.3 is 4.42 Å². The third-order valence-electron chi connectivity index (χ3n) is 7.57. The van der Waals surface area contributed by atoms with Gasteiger partial charge in [-0.25, -0.2) is 0 Å². The average Bonchev–Trinajstić information content (AvgIpc) is 3.47. The zero-order valence-electron chi connectivity index (χ0n) is 17.6. The largest absolute Gasteiger partial charge is 0.454 e. The highest BCUT2D eigenvalue weighted by Crippen LogP contribution is 2.63. The third kappa shape index (κ3) is 1.97. The van der Waals surface area contributed by atoms with Crippen LogP contribution in [0, 0.1) is 0 Å². The maximum absolute atomic E-state index is 6.50. The van der Waals surface area contributed by atoms with Crippen LogP contribution in [-0.4, -0.2) is 0 Å². The van der Waals surface area contributed by atoms with Crippen LogP contribution >= 0.6 is 11.6 Å². The minimum absolute atomic E-state index is 0.351. The van der Waals surface area contributed by atoms with Gasteiger partial charge in [-0.1, -0.05) is 96.5 Å². The predicted octanol–water partition coefficient (Wildman–Crippen LogP) is 8.58. The van der Waals surface area contributed by atoms with Gasteiger partial charge in [0.2, 0.25) is 0 Å². The van der Waals surface area contributed by atoms with Crippen LogP contribution in [0.25, 0.3) is 44.2 Å². The van der Waals surface area contributed by atoms with E-state index in [1.807, 2.05) is 12.1 Å². The summed E-state index contributed by atoms with van der Waals surface area (Å²) in [5.41, 5.74) is 11.8. The molecule has 1 nitrogen and oxygen atoms in total. The molecule has 2 heteroatoms. The molecule has 1 heterocycles. The predicted molar refractivity (Wildman–Crippen MR) is 135 cm³/mol. The minimum Gasteiger partial charge on any atom is -0.454 e. The van der Waals surface area contributed by atoms with Crippen molar-refractivity contribution in [3.63, 3.8) is 0 Å². The number of hydrogen-bond acceptors (Lipinski definition) is 1. The lowest BCUT2D eigenvalue weighted by Gasteiger charge is -2.30. The van der Waals surface area contributed by atoms with E-state index in [-0.39, 0.29) is 5.41 Å². The van der Waals surface area contributed by atoms with Crippen molar-refractivity contribution in [2.24, 2.45) is 0 Å². The van der Waals surface area contributed by atoms with E-state index in [4.69, 9.17) is 16.0 Å². The van der Waals surface area contributed by atoms with E-state index in [2.05, 4.69) is 91.0 Å². The number of hydrogen-bond donors (Lipinski definition) is 0. The molecule has 0 radical (unpaired) electrons. The molecule has 2 aliphatic rings. The van der Waals surface area contributed by atoms with Crippen LogP contribution in [0.4, 0.5) is 0 Å². The van der Waals surface area contributed by atoms with Gasteiger partial charge >= 0.3 is 0 Å². The lowest BCUT2D eigenvalue weighted by Crippen LogP contribution is -2.25. The highest BCUT2D eigenvalue weighted by molar-refractivity contribution is 6.35. The van der Waals surface area contributed by atoms with Gasteiger partial charge in [-0.05, 0) is 62.7 Å². The van der Waals surface area contributed by atoms with Gasteiger partial charge in [0.25, 0.3) is 0 Å². The number of halogens is 1. The van der Waals surface area contributed by atoms with Gasteiger partial charge in [0.15, 0.2) is 5.58 Å². The number of para-hydroxylation sites is 1. The second-order valence-electron chi connectivity index (χ2n) is 9.00. The number of rotatable bonds is 0. The van der Waals surface area contributed by atoms with Crippen molar-refractivity contribution in [3.8, 4) is 22.3 Å². The Labute approximate surface area is 195 Å². The van der Waals surface area contributed by atoms with E-state index in [0.717, 1.165) is 21.9 Å². The molecule has 2 aliphatic carbocycles. The summed E-state index contributed by atoms with van der Waals surface area (Å²) in [4.78, 5) is 0. The Hall–Kier alpha value is -3.81. The fraction of sp³-hybridized carbons (Fsp3) is 0.0323. The fourth-order valence-corrected chi connectivity index (χ4v) is 6.56. The normalized spacial score (nSPS) is 14.5. The number of furan rings is 1. The molecule has 1 spiro atoms. The van der Waals surface area contributed by atoms with Crippen LogP contribution in [0.15, 0.2) is 108 Å². The topological polar surface area (TPSA) is 13.1 Å². The van der Waals surface area contributed by atoms with Gasteiger partial charge in [0, 0.05) is 10.8 Å². The zero-order chi connectivity index (χ0) is 21.7. The van der Waals surface area contributed by atoms with E-state index in [1.165, 1.54) is 44.5 Å². The van der Waals surface area contributed by atoms with Gasteiger partial charge in [0.1, 0.15) is 5.58 Å². The molecule has 1 aromatic heterocycles. The first-order valence-corrected chi connectivity index (χ1v) is 11.6. The van der Waals surface area contributed by atoms with E-state index in [1.54, 1.807) is 0 Å². The lowest BCUT2D eigenvalue weighted by atomic mass is 9.70. The van der Waals surface area contributed by atoms with Gasteiger partial charge in [-0.3, -0.25) is 0 Å². The Bertz CT molecular complexity index is 1740. The molecule has 154 valence electrons. The van der Waals surface area contributed by atoms with Gasteiger partial charge in [-0.2, -0.15) is 0 Å². The van der Waals surface area contributed by atoms with Crippen molar-refractivity contribution in [1.29, 1.82) is 0 Å². The molecule has 0 saturated heterocycles. The van der Waals surface area contributed by atoms with Crippen molar-refractivity contribution < 1.29 is 4.42 Å². The van der Waals surface area contributed by atoms with Crippen LogP contribution in [0.3, 0.4) is 0 Å². The maximum Gasteiger partial charge on any atom is 0.153 e. The van der Waals surface area contributed by atoms with Crippen LogP contribution in [0.1, 0.15) is 22.3 Å². The Kier molecular flexibility index (Phi) is 3.19. The quantitative estimate of drug-likeness (QED) is 0.230. The standard InChI is InChI=1S/C31H17ClO/c32-28-15-7-11-21-23-16-22-20-10-3-6-14-26(20)31(27(22)17-29(23)33-30(21)28)24-12-4-1-8-18(24)19-9-2-5-13-25(19)31/h1-17H. The first kappa shape index (κ1) is 17.7. The molecule has 6 aromatic rings. The average molecular weight is 441 g/mol. The molecule has 0 atom stereocenters. The lowest BCUT2D eigenvalue weighted by molar-refractivity contribution is 0.666. The Morgan fingerprint density at radius 3 is 1.73 bits per heavy atom. The summed E-state index contributed by atoms with van der Waals surface area (Å²) in [5, 5.41) is 2.82. The second-order valence-corrected chi connectivity index (χ2v) is 9.41. The highest BCUT2D eigenvalue weighted by Gasteiger charge is 2.51. The summed E-state index contributed by atoms with van der Waals surface area (Å²) in [5.74, 6) is 0.